The Hall–Kier alpha value is -1.43. The third-order valence-corrected chi connectivity index (χ3v) is 4.16. The van der Waals surface area contributed by atoms with Crippen LogP contribution >= 0.6 is 0 Å². The number of aliphatic carboxylic acids is 1. The molecule has 1 N–H and O–H groups in total. The van der Waals surface area contributed by atoms with Crippen LogP contribution in [0.1, 0.15) is 39.4 Å². The molecule has 1 aromatic heterocycles. The van der Waals surface area contributed by atoms with Gasteiger partial charge in [-0.2, -0.15) is 5.10 Å². The van der Waals surface area contributed by atoms with Crippen LogP contribution in [0.15, 0.2) is 6.33 Å². The monoisotopic (exact) mass is 280 g/mol. The zero-order chi connectivity index (χ0) is 14.8. The predicted octanol–water partition coefficient (Wildman–Crippen LogP) is 1.62. The Morgan fingerprint density at radius 3 is 2.85 bits per heavy atom. The molecular formula is C14H24N4O2. The highest BCUT2D eigenvalue weighted by atomic mass is 16.4. The molecule has 6 nitrogen and oxygen atoms in total. The molecule has 0 spiro atoms. The van der Waals surface area contributed by atoms with E-state index in [1.165, 1.54) is 0 Å². The summed E-state index contributed by atoms with van der Waals surface area (Å²) in [5, 5.41) is 13.7. The molecule has 1 fully saturated rings. The predicted molar refractivity (Wildman–Crippen MR) is 75.1 cm³/mol. The zero-order valence-corrected chi connectivity index (χ0v) is 12.5. The van der Waals surface area contributed by atoms with Gasteiger partial charge in [-0.05, 0) is 25.3 Å². The Morgan fingerprint density at radius 2 is 2.30 bits per heavy atom. The van der Waals surface area contributed by atoms with E-state index in [-0.39, 0.29) is 0 Å². The van der Waals surface area contributed by atoms with Crippen molar-refractivity contribution in [2.24, 2.45) is 11.3 Å². The van der Waals surface area contributed by atoms with Crippen molar-refractivity contribution in [3.05, 3.63) is 12.2 Å². The molecule has 0 radical (unpaired) electrons. The molecule has 2 rings (SSSR count). The van der Waals surface area contributed by atoms with Gasteiger partial charge in [-0.1, -0.05) is 20.8 Å². The van der Waals surface area contributed by atoms with Crippen LogP contribution in [0.3, 0.4) is 0 Å². The van der Waals surface area contributed by atoms with Gasteiger partial charge in [0.1, 0.15) is 12.2 Å². The number of aromatic nitrogens is 3. The van der Waals surface area contributed by atoms with E-state index in [9.17, 15) is 9.90 Å². The molecule has 20 heavy (non-hydrogen) atoms. The van der Waals surface area contributed by atoms with E-state index in [0.717, 1.165) is 25.3 Å². The molecule has 1 unspecified atom stereocenters. The van der Waals surface area contributed by atoms with Crippen molar-refractivity contribution in [3.8, 4) is 0 Å². The molecule has 1 atom stereocenters. The topological polar surface area (TPSA) is 71.2 Å². The first-order valence-electron chi connectivity index (χ1n) is 7.29. The lowest BCUT2D eigenvalue weighted by Gasteiger charge is -2.23. The van der Waals surface area contributed by atoms with Gasteiger partial charge in [-0.25, -0.2) is 9.67 Å². The third kappa shape index (κ3) is 3.00. The summed E-state index contributed by atoms with van der Waals surface area (Å²) in [7, 11) is 0. The number of hydrogen-bond acceptors (Lipinski definition) is 4. The minimum atomic E-state index is -0.675. The number of carboxylic acids is 1. The van der Waals surface area contributed by atoms with Crippen LogP contribution in [0.2, 0.25) is 0 Å². The molecule has 1 saturated heterocycles. The molecule has 0 saturated carbocycles. The van der Waals surface area contributed by atoms with Gasteiger partial charge in [-0.3, -0.25) is 9.69 Å². The minimum absolute atomic E-state index is 0.516. The fourth-order valence-corrected chi connectivity index (χ4v) is 2.82. The quantitative estimate of drug-likeness (QED) is 0.857. The van der Waals surface area contributed by atoms with Crippen molar-refractivity contribution in [1.29, 1.82) is 0 Å². The molecule has 0 amide bonds. The van der Waals surface area contributed by atoms with Gasteiger partial charge in [0.2, 0.25) is 0 Å². The molecule has 2 heterocycles. The normalized spacial score (nSPS) is 23.6. The second-order valence-corrected chi connectivity index (χ2v) is 6.15. The largest absolute Gasteiger partial charge is 0.481 e. The van der Waals surface area contributed by atoms with Gasteiger partial charge in [0.05, 0.1) is 12.0 Å². The van der Waals surface area contributed by atoms with Crippen LogP contribution in [0, 0.1) is 11.3 Å². The van der Waals surface area contributed by atoms with Crippen molar-refractivity contribution in [2.45, 2.75) is 46.7 Å². The van der Waals surface area contributed by atoms with Gasteiger partial charge in [0.25, 0.3) is 0 Å². The highest BCUT2D eigenvalue weighted by molar-refractivity contribution is 5.75. The van der Waals surface area contributed by atoms with Crippen molar-refractivity contribution in [2.75, 3.05) is 13.1 Å². The molecule has 6 heteroatoms. The molecule has 1 aliphatic rings. The van der Waals surface area contributed by atoms with Crippen LogP contribution in [0.4, 0.5) is 0 Å². The SMILES string of the molecule is CCC1(C(=O)O)CCN(Cc2ncnn2CC(C)C)C1. The fourth-order valence-electron chi connectivity index (χ4n) is 2.82. The Kier molecular flexibility index (Phi) is 4.42. The molecule has 0 aromatic carbocycles. The summed E-state index contributed by atoms with van der Waals surface area (Å²) >= 11 is 0. The Balaban J connectivity index is 2.02. The second kappa shape index (κ2) is 5.91. The smallest absolute Gasteiger partial charge is 0.310 e. The highest BCUT2D eigenvalue weighted by Crippen LogP contribution is 2.34. The van der Waals surface area contributed by atoms with Gasteiger partial charge < -0.3 is 5.11 Å². The number of carbonyl (C=O) groups is 1. The van der Waals surface area contributed by atoms with Crippen LogP contribution in [-0.4, -0.2) is 43.8 Å². The van der Waals surface area contributed by atoms with Crippen molar-refractivity contribution >= 4 is 5.97 Å². The lowest BCUT2D eigenvalue weighted by Crippen LogP contribution is -2.34. The Bertz CT molecular complexity index is 471. The maximum Gasteiger partial charge on any atom is 0.310 e. The Labute approximate surface area is 119 Å². The first-order valence-corrected chi connectivity index (χ1v) is 7.29. The summed E-state index contributed by atoms with van der Waals surface area (Å²) in [6.07, 6.45) is 2.98. The van der Waals surface area contributed by atoms with E-state index in [4.69, 9.17) is 0 Å². The van der Waals surface area contributed by atoms with Gasteiger partial charge in [0, 0.05) is 13.1 Å². The molecule has 0 aliphatic carbocycles. The first kappa shape index (κ1) is 15.0. The molecule has 0 bridgehead atoms. The molecular weight excluding hydrogens is 256 g/mol. The third-order valence-electron chi connectivity index (χ3n) is 4.16. The van der Waals surface area contributed by atoms with Crippen molar-refractivity contribution in [3.63, 3.8) is 0 Å². The summed E-state index contributed by atoms with van der Waals surface area (Å²) in [6.45, 7) is 9.20. The lowest BCUT2D eigenvalue weighted by molar-refractivity contribution is -0.148. The molecule has 112 valence electrons. The maximum absolute atomic E-state index is 11.5. The van der Waals surface area contributed by atoms with Gasteiger partial charge >= 0.3 is 5.97 Å². The number of hydrogen-bond donors (Lipinski definition) is 1. The standard InChI is InChI=1S/C14H24N4O2/c1-4-14(13(19)20)5-6-17(9-14)8-12-15-10-16-18(12)7-11(2)3/h10-11H,4-9H2,1-3H3,(H,19,20). The first-order chi connectivity index (χ1) is 9.47. The average Bonchev–Trinajstić information content (AvgIpc) is 2.98. The van der Waals surface area contributed by atoms with Crippen molar-refractivity contribution < 1.29 is 9.90 Å². The summed E-state index contributed by atoms with van der Waals surface area (Å²) < 4.78 is 1.93. The van der Waals surface area contributed by atoms with E-state index in [1.807, 2.05) is 11.6 Å². The van der Waals surface area contributed by atoms with Gasteiger partial charge in [0.15, 0.2) is 0 Å². The number of carboxylic acid groups (broad SMARTS) is 1. The zero-order valence-electron chi connectivity index (χ0n) is 12.5. The number of rotatable bonds is 6. The number of nitrogens with zero attached hydrogens (tertiary/aromatic N) is 4. The van der Waals surface area contributed by atoms with Crippen LogP contribution in [0.25, 0.3) is 0 Å². The van der Waals surface area contributed by atoms with E-state index in [0.29, 0.717) is 25.4 Å². The van der Waals surface area contributed by atoms with Crippen LogP contribution in [-0.2, 0) is 17.9 Å². The van der Waals surface area contributed by atoms with E-state index in [1.54, 1.807) is 6.33 Å². The second-order valence-electron chi connectivity index (χ2n) is 6.15. The highest BCUT2D eigenvalue weighted by Gasteiger charge is 2.43. The summed E-state index contributed by atoms with van der Waals surface area (Å²) in [6, 6.07) is 0. The Morgan fingerprint density at radius 1 is 1.55 bits per heavy atom. The van der Waals surface area contributed by atoms with Crippen LogP contribution in [0.5, 0.6) is 0 Å². The van der Waals surface area contributed by atoms with E-state index in [2.05, 4.69) is 28.8 Å². The summed E-state index contributed by atoms with van der Waals surface area (Å²) in [5.41, 5.74) is -0.580. The lowest BCUT2D eigenvalue weighted by atomic mass is 9.84. The summed E-state index contributed by atoms with van der Waals surface area (Å²) in [4.78, 5) is 17.9. The molecule has 1 aromatic rings. The average molecular weight is 280 g/mol. The van der Waals surface area contributed by atoms with Gasteiger partial charge in [-0.15, -0.1) is 0 Å². The molecule has 1 aliphatic heterocycles. The minimum Gasteiger partial charge on any atom is -0.481 e. The fraction of sp³-hybridized carbons (Fsp3) is 0.786. The van der Waals surface area contributed by atoms with Crippen molar-refractivity contribution in [1.82, 2.24) is 19.7 Å². The van der Waals surface area contributed by atoms with E-state index < -0.39 is 11.4 Å². The maximum atomic E-state index is 11.5. The number of likely N-dealkylation sites (tertiary alicyclic amines) is 1. The van der Waals surface area contributed by atoms with E-state index >= 15 is 0 Å². The van der Waals surface area contributed by atoms with Crippen LogP contribution < -0.4 is 0 Å². The summed E-state index contributed by atoms with van der Waals surface area (Å²) in [5.74, 6) is 0.768.